The molecule has 0 saturated heterocycles. The Labute approximate surface area is 104 Å². The molecule has 0 aliphatic carbocycles. The summed E-state index contributed by atoms with van der Waals surface area (Å²) in [6, 6.07) is 1.37. The largest absolute Gasteiger partial charge is 0.506 e. The standard InChI is InChI=1S/C11H13ClO5/c1-5(11(14)15)8-9(13)6(12)4-7(16-2)10(8)17-3/h4-5,13H,1-3H3,(H,14,15). The number of methoxy groups -OCH3 is 2. The van der Waals surface area contributed by atoms with Crippen LogP contribution in [0.25, 0.3) is 0 Å². The van der Waals surface area contributed by atoms with E-state index in [1.807, 2.05) is 0 Å². The first kappa shape index (κ1) is 13.4. The molecule has 2 N–H and O–H groups in total. The number of halogens is 1. The van der Waals surface area contributed by atoms with Crippen LogP contribution in [0.5, 0.6) is 17.2 Å². The first-order valence-electron chi connectivity index (χ1n) is 4.80. The molecule has 0 fully saturated rings. The molecule has 0 radical (unpaired) electrons. The highest BCUT2D eigenvalue weighted by molar-refractivity contribution is 6.32. The molecule has 1 rings (SSSR count). The van der Waals surface area contributed by atoms with E-state index in [-0.39, 0.29) is 27.8 Å². The van der Waals surface area contributed by atoms with Crippen molar-refractivity contribution in [1.29, 1.82) is 0 Å². The van der Waals surface area contributed by atoms with Crippen LogP contribution >= 0.6 is 11.6 Å². The number of carbonyl (C=O) groups is 1. The predicted molar refractivity (Wildman–Crippen MR) is 62.3 cm³/mol. The zero-order valence-electron chi connectivity index (χ0n) is 9.65. The summed E-state index contributed by atoms with van der Waals surface area (Å²) in [5.74, 6) is -1.91. The summed E-state index contributed by atoms with van der Waals surface area (Å²) in [4.78, 5) is 11.0. The maximum Gasteiger partial charge on any atom is 0.310 e. The molecule has 0 aromatic heterocycles. The molecule has 0 aliphatic heterocycles. The Bertz CT molecular complexity index is 444. The first-order valence-corrected chi connectivity index (χ1v) is 5.18. The topological polar surface area (TPSA) is 76.0 Å². The monoisotopic (exact) mass is 260 g/mol. The van der Waals surface area contributed by atoms with Crippen LogP contribution in [0.2, 0.25) is 5.02 Å². The fourth-order valence-corrected chi connectivity index (χ4v) is 1.71. The van der Waals surface area contributed by atoms with Crippen LogP contribution in [-0.2, 0) is 4.79 Å². The van der Waals surface area contributed by atoms with Crippen LogP contribution in [0, 0.1) is 0 Å². The van der Waals surface area contributed by atoms with Gasteiger partial charge in [0, 0.05) is 6.07 Å². The highest BCUT2D eigenvalue weighted by Crippen LogP contribution is 2.45. The summed E-state index contributed by atoms with van der Waals surface area (Å²) in [6.07, 6.45) is 0. The van der Waals surface area contributed by atoms with Crippen molar-refractivity contribution in [2.45, 2.75) is 12.8 Å². The normalized spacial score (nSPS) is 12.0. The third-order valence-electron chi connectivity index (χ3n) is 2.44. The summed E-state index contributed by atoms with van der Waals surface area (Å²) >= 11 is 5.80. The van der Waals surface area contributed by atoms with E-state index in [2.05, 4.69) is 0 Å². The molecule has 0 aliphatic rings. The number of hydrogen-bond donors (Lipinski definition) is 2. The number of carboxylic acid groups (broad SMARTS) is 1. The third-order valence-corrected chi connectivity index (χ3v) is 2.72. The van der Waals surface area contributed by atoms with Crippen molar-refractivity contribution in [3.8, 4) is 17.2 Å². The van der Waals surface area contributed by atoms with Gasteiger partial charge in [0.25, 0.3) is 0 Å². The lowest BCUT2D eigenvalue weighted by Crippen LogP contribution is -2.10. The van der Waals surface area contributed by atoms with Gasteiger partial charge in [-0.1, -0.05) is 11.6 Å². The van der Waals surface area contributed by atoms with E-state index in [0.29, 0.717) is 0 Å². The maximum atomic E-state index is 11.0. The lowest BCUT2D eigenvalue weighted by molar-refractivity contribution is -0.138. The molecule has 6 heteroatoms. The number of rotatable bonds is 4. The predicted octanol–water partition coefficient (Wildman–Crippen LogP) is 2.25. The Morgan fingerprint density at radius 1 is 1.41 bits per heavy atom. The molecule has 1 unspecified atom stereocenters. The van der Waals surface area contributed by atoms with Gasteiger partial charge in [0.1, 0.15) is 5.75 Å². The van der Waals surface area contributed by atoms with Gasteiger partial charge < -0.3 is 19.7 Å². The quantitative estimate of drug-likeness (QED) is 0.868. The van der Waals surface area contributed by atoms with E-state index in [1.54, 1.807) is 0 Å². The SMILES string of the molecule is COc1cc(Cl)c(O)c(C(C)C(=O)O)c1OC. The Balaban J connectivity index is 3.53. The highest BCUT2D eigenvalue weighted by atomic mass is 35.5. The summed E-state index contributed by atoms with van der Waals surface area (Å²) < 4.78 is 10.1. The molecule has 17 heavy (non-hydrogen) atoms. The van der Waals surface area contributed by atoms with Gasteiger partial charge in [-0.15, -0.1) is 0 Å². The van der Waals surface area contributed by atoms with Crippen molar-refractivity contribution in [2.24, 2.45) is 0 Å². The lowest BCUT2D eigenvalue weighted by Gasteiger charge is -2.17. The summed E-state index contributed by atoms with van der Waals surface area (Å²) in [5.41, 5.74) is 0.101. The number of phenolic OH excluding ortho intramolecular Hbond substituents is 1. The molecule has 0 bridgehead atoms. The van der Waals surface area contributed by atoms with E-state index >= 15 is 0 Å². The van der Waals surface area contributed by atoms with Crippen LogP contribution in [0.4, 0.5) is 0 Å². The summed E-state index contributed by atoms with van der Waals surface area (Å²) in [7, 11) is 2.77. The van der Waals surface area contributed by atoms with E-state index in [1.165, 1.54) is 27.2 Å². The van der Waals surface area contributed by atoms with Gasteiger partial charge in [0.2, 0.25) is 0 Å². The van der Waals surface area contributed by atoms with Crippen molar-refractivity contribution in [3.05, 3.63) is 16.7 Å². The molecular weight excluding hydrogens is 248 g/mol. The number of hydrogen-bond acceptors (Lipinski definition) is 4. The summed E-state index contributed by atoms with van der Waals surface area (Å²) in [6.45, 7) is 1.43. The van der Waals surface area contributed by atoms with Crippen molar-refractivity contribution in [3.63, 3.8) is 0 Å². The zero-order chi connectivity index (χ0) is 13.2. The Hall–Kier alpha value is -1.62. The lowest BCUT2D eigenvalue weighted by atomic mass is 9.98. The van der Waals surface area contributed by atoms with Crippen molar-refractivity contribution >= 4 is 17.6 Å². The van der Waals surface area contributed by atoms with Crippen LogP contribution in [0.15, 0.2) is 6.07 Å². The number of carboxylic acids is 1. The number of aromatic hydroxyl groups is 1. The van der Waals surface area contributed by atoms with Gasteiger partial charge in [-0.05, 0) is 6.92 Å². The molecular formula is C11H13ClO5. The fraction of sp³-hybridized carbons (Fsp3) is 0.364. The number of aliphatic carboxylic acids is 1. The molecule has 94 valence electrons. The van der Waals surface area contributed by atoms with E-state index in [4.69, 9.17) is 26.2 Å². The smallest absolute Gasteiger partial charge is 0.310 e. The van der Waals surface area contributed by atoms with E-state index in [9.17, 15) is 9.90 Å². The number of benzene rings is 1. The van der Waals surface area contributed by atoms with Gasteiger partial charge >= 0.3 is 5.97 Å². The highest BCUT2D eigenvalue weighted by Gasteiger charge is 2.27. The molecule has 0 spiro atoms. The molecule has 0 heterocycles. The summed E-state index contributed by atoms with van der Waals surface area (Å²) in [5, 5.41) is 18.8. The first-order chi connectivity index (χ1) is 7.93. The zero-order valence-corrected chi connectivity index (χ0v) is 10.4. The minimum Gasteiger partial charge on any atom is -0.506 e. The van der Waals surface area contributed by atoms with Gasteiger partial charge in [-0.25, -0.2) is 0 Å². The van der Waals surface area contributed by atoms with E-state index in [0.717, 1.165) is 0 Å². The molecule has 1 aromatic rings. The van der Waals surface area contributed by atoms with Crippen molar-refractivity contribution in [1.82, 2.24) is 0 Å². The third kappa shape index (κ3) is 2.39. The minimum absolute atomic E-state index is 0.0192. The van der Waals surface area contributed by atoms with Crippen LogP contribution < -0.4 is 9.47 Å². The van der Waals surface area contributed by atoms with Crippen molar-refractivity contribution < 1.29 is 24.5 Å². The Morgan fingerprint density at radius 3 is 2.41 bits per heavy atom. The molecule has 5 nitrogen and oxygen atoms in total. The van der Waals surface area contributed by atoms with Crippen LogP contribution in [0.3, 0.4) is 0 Å². The van der Waals surface area contributed by atoms with Crippen LogP contribution in [0.1, 0.15) is 18.4 Å². The molecule has 1 atom stereocenters. The second-order valence-electron chi connectivity index (χ2n) is 3.42. The minimum atomic E-state index is -1.09. The molecule has 0 amide bonds. The molecule has 1 aromatic carbocycles. The Kier molecular flexibility index (Phi) is 4.07. The van der Waals surface area contributed by atoms with Gasteiger partial charge in [-0.3, -0.25) is 4.79 Å². The second kappa shape index (κ2) is 5.14. The van der Waals surface area contributed by atoms with Crippen LogP contribution in [-0.4, -0.2) is 30.4 Å². The average Bonchev–Trinajstić information content (AvgIpc) is 2.30. The number of phenols is 1. The molecule has 0 saturated carbocycles. The number of ether oxygens (including phenoxy) is 2. The van der Waals surface area contributed by atoms with Crippen molar-refractivity contribution in [2.75, 3.05) is 14.2 Å². The fourth-order valence-electron chi connectivity index (χ4n) is 1.51. The maximum absolute atomic E-state index is 11.0. The van der Waals surface area contributed by atoms with E-state index < -0.39 is 11.9 Å². The van der Waals surface area contributed by atoms with Gasteiger partial charge in [0.15, 0.2) is 11.5 Å². The second-order valence-corrected chi connectivity index (χ2v) is 3.82. The Morgan fingerprint density at radius 2 is 2.00 bits per heavy atom. The van der Waals surface area contributed by atoms with Gasteiger partial charge in [-0.2, -0.15) is 0 Å². The van der Waals surface area contributed by atoms with Gasteiger partial charge in [0.05, 0.1) is 30.7 Å². The average molecular weight is 261 g/mol.